The van der Waals surface area contributed by atoms with Gasteiger partial charge in [-0.3, -0.25) is 4.79 Å². The number of ketones is 1. The quantitative estimate of drug-likeness (QED) is 0.849. The average Bonchev–Trinajstić information content (AvgIpc) is 2.96. The van der Waals surface area contributed by atoms with Gasteiger partial charge in [0.15, 0.2) is 5.13 Å². The van der Waals surface area contributed by atoms with E-state index in [1.54, 1.807) is 0 Å². The van der Waals surface area contributed by atoms with Crippen LogP contribution in [0.4, 0.5) is 13.9 Å². The molecule has 3 rings (SSSR count). The Hall–Kier alpha value is -1.82. The standard InChI is InChI=1S/C16H16F2N2OS/c17-11-7-4-8-12(18)14(11)15(21)13-9-19-16(22-13)20-10-5-2-1-3-6-10/h4,7-10H,1-3,5-6H2,(H,19,20). The Bertz CT molecular complexity index is 660. The number of hydrogen-bond donors (Lipinski definition) is 1. The van der Waals surface area contributed by atoms with E-state index >= 15 is 0 Å². The van der Waals surface area contributed by atoms with Crippen molar-refractivity contribution in [3.05, 3.63) is 46.5 Å². The maximum atomic E-state index is 13.7. The van der Waals surface area contributed by atoms with Crippen molar-refractivity contribution in [2.45, 2.75) is 38.1 Å². The normalized spacial score (nSPS) is 15.7. The molecule has 0 spiro atoms. The second kappa shape index (κ2) is 6.52. The number of thiazole rings is 1. The maximum absolute atomic E-state index is 13.7. The Morgan fingerprint density at radius 3 is 2.55 bits per heavy atom. The topological polar surface area (TPSA) is 42.0 Å². The number of halogens is 2. The molecule has 0 bridgehead atoms. The van der Waals surface area contributed by atoms with Crippen LogP contribution in [0.15, 0.2) is 24.4 Å². The van der Waals surface area contributed by atoms with Crippen LogP contribution < -0.4 is 5.32 Å². The predicted molar refractivity (Wildman–Crippen MR) is 82.4 cm³/mol. The molecule has 1 aliphatic carbocycles. The van der Waals surface area contributed by atoms with E-state index in [1.165, 1.54) is 31.5 Å². The molecule has 1 heterocycles. The first-order valence-electron chi connectivity index (χ1n) is 7.36. The molecule has 1 fully saturated rings. The fraction of sp³-hybridized carbons (Fsp3) is 0.375. The van der Waals surface area contributed by atoms with Gasteiger partial charge in [-0.2, -0.15) is 0 Å². The van der Waals surface area contributed by atoms with Crippen molar-refractivity contribution in [1.82, 2.24) is 4.98 Å². The van der Waals surface area contributed by atoms with Gasteiger partial charge in [0.1, 0.15) is 11.6 Å². The molecule has 0 radical (unpaired) electrons. The van der Waals surface area contributed by atoms with E-state index in [1.807, 2.05) is 0 Å². The van der Waals surface area contributed by atoms with Gasteiger partial charge >= 0.3 is 0 Å². The number of nitrogens with zero attached hydrogens (tertiary/aromatic N) is 1. The van der Waals surface area contributed by atoms with Gasteiger partial charge in [0, 0.05) is 6.04 Å². The van der Waals surface area contributed by atoms with Crippen LogP contribution in [0, 0.1) is 11.6 Å². The third-order valence-corrected chi connectivity index (χ3v) is 4.78. The molecule has 2 aromatic rings. The van der Waals surface area contributed by atoms with Crippen molar-refractivity contribution in [2.75, 3.05) is 5.32 Å². The molecule has 0 saturated heterocycles. The molecule has 1 aliphatic rings. The van der Waals surface area contributed by atoms with Gasteiger partial charge < -0.3 is 5.32 Å². The molecule has 6 heteroatoms. The minimum absolute atomic E-state index is 0.238. The zero-order valence-corrected chi connectivity index (χ0v) is 12.8. The number of benzene rings is 1. The average molecular weight is 322 g/mol. The summed E-state index contributed by atoms with van der Waals surface area (Å²) in [4.78, 5) is 16.7. The highest BCUT2D eigenvalue weighted by Gasteiger charge is 2.22. The van der Waals surface area contributed by atoms with Gasteiger partial charge in [0.2, 0.25) is 5.78 Å². The van der Waals surface area contributed by atoms with E-state index in [2.05, 4.69) is 10.3 Å². The summed E-state index contributed by atoms with van der Waals surface area (Å²) < 4.78 is 27.3. The third-order valence-electron chi connectivity index (χ3n) is 3.85. The van der Waals surface area contributed by atoms with Gasteiger partial charge in [-0.05, 0) is 25.0 Å². The fourth-order valence-corrected chi connectivity index (χ4v) is 3.54. The zero-order valence-electron chi connectivity index (χ0n) is 11.9. The molecule has 1 N–H and O–H groups in total. The maximum Gasteiger partial charge on any atom is 0.210 e. The first-order chi connectivity index (χ1) is 10.6. The number of aromatic nitrogens is 1. The molecule has 116 valence electrons. The fourth-order valence-electron chi connectivity index (χ4n) is 2.71. The number of hydrogen-bond acceptors (Lipinski definition) is 4. The van der Waals surface area contributed by atoms with Crippen LogP contribution in [0.3, 0.4) is 0 Å². The molecule has 0 aliphatic heterocycles. The number of nitrogens with one attached hydrogen (secondary N) is 1. The van der Waals surface area contributed by atoms with E-state index in [0.717, 1.165) is 36.3 Å². The van der Waals surface area contributed by atoms with E-state index in [0.29, 0.717) is 11.2 Å². The summed E-state index contributed by atoms with van der Waals surface area (Å²) in [5.74, 6) is -2.36. The van der Waals surface area contributed by atoms with Crippen molar-refractivity contribution in [3.63, 3.8) is 0 Å². The minimum Gasteiger partial charge on any atom is -0.359 e. The van der Waals surface area contributed by atoms with E-state index in [9.17, 15) is 13.6 Å². The van der Waals surface area contributed by atoms with Gasteiger partial charge in [-0.1, -0.05) is 36.7 Å². The van der Waals surface area contributed by atoms with E-state index < -0.39 is 23.0 Å². The van der Waals surface area contributed by atoms with Crippen LogP contribution in [-0.2, 0) is 0 Å². The number of carbonyl (C=O) groups is 1. The van der Waals surface area contributed by atoms with Crippen LogP contribution in [-0.4, -0.2) is 16.8 Å². The van der Waals surface area contributed by atoms with Gasteiger partial charge in [-0.25, -0.2) is 13.8 Å². The smallest absolute Gasteiger partial charge is 0.210 e. The molecule has 0 amide bonds. The monoisotopic (exact) mass is 322 g/mol. The molecular formula is C16H16F2N2OS. The number of carbonyl (C=O) groups excluding carboxylic acids is 1. The second-order valence-corrected chi connectivity index (χ2v) is 6.47. The summed E-state index contributed by atoms with van der Waals surface area (Å²) >= 11 is 1.14. The minimum atomic E-state index is -0.847. The predicted octanol–water partition coefficient (Wildman–Crippen LogP) is 4.40. The Kier molecular flexibility index (Phi) is 4.47. The Balaban J connectivity index is 1.77. The lowest BCUT2D eigenvalue weighted by Gasteiger charge is -2.22. The first kappa shape index (κ1) is 15.1. The Morgan fingerprint density at radius 2 is 1.86 bits per heavy atom. The second-order valence-electron chi connectivity index (χ2n) is 5.43. The van der Waals surface area contributed by atoms with Crippen LogP contribution in [0.1, 0.15) is 47.3 Å². The van der Waals surface area contributed by atoms with Gasteiger partial charge in [-0.15, -0.1) is 0 Å². The molecule has 1 aromatic heterocycles. The summed E-state index contributed by atoms with van der Waals surface area (Å²) in [5.41, 5.74) is -0.518. The van der Waals surface area contributed by atoms with Gasteiger partial charge in [0.05, 0.1) is 16.6 Å². The highest BCUT2D eigenvalue weighted by atomic mass is 32.1. The van der Waals surface area contributed by atoms with Crippen molar-refractivity contribution in [3.8, 4) is 0 Å². The molecule has 3 nitrogen and oxygen atoms in total. The Morgan fingerprint density at radius 1 is 1.18 bits per heavy atom. The molecule has 0 atom stereocenters. The highest BCUT2D eigenvalue weighted by Crippen LogP contribution is 2.27. The molecule has 0 unspecified atom stereocenters. The van der Waals surface area contributed by atoms with Crippen molar-refractivity contribution in [2.24, 2.45) is 0 Å². The largest absolute Gasteiger partial charge is 0.359 e. The van der Waals surface area contributed by atoms with Crippen LogP contribution in [0.25, 0.3) is 0 Å². The third kappa shape index (κ3) is 3.16. The van der Waals surface area contributed by atoms with E-state index in [4.69, 9.17) is 0 Å². The van der Waals surface area contributed by atoms with Crippen LogP contribution >= 0.6 is 11.3 Å². The summed E-state index contributed by atoms with van der Waals surface area (Å²) in [6.07, 6.45) is 7.19. The molecule has 1 saturated carbocycles. The summed E-state index contributed by atoms with van der Waals surface area (Å²) in [7, 11) is 0. The van der Waals surface area contributed by atoms with Crippen molar-refractivity contribution >= 4 is 22.3 Å². The van der Waals surface area contributed by atoms with Crippen molar-refractivity contribution < 1.29 is 13.6 Å². The van der Waals surface area contributed by atoms with E-state index in [-0.39, 0.29) is 4.88 Å². The lowest BCUT2D eigenvalue weighted by Crippen LogP contribution is -2.21. The lowest BCUT2D eigenvalue weighted by atomic mass is 9.96. The zero-order chi connectivity index (χ0) is 15.5. The van der Waals surface area contributed by atoms with Crippen LogP contribution in [0.2, 0.25) is 0 Å². The molecular weight excluding hydrogens is 306 g/mol. The summed E-state index contributed by atoms with van der Waals surface area (Å²) in [6.45, 7) is 0. The van der Waals surface area contributed by atoms with Crippen molar-refractivity contribution in [1.29, 1.82) is 0 Å². The van der Waals surface area contributed by atoms with Crippen LogP contribution in [0.5, 0.6) is 0 Å². The summed E-state index contributed by atoms with van der Waals surface area (Å²) in [5, 5.41) is 3.94. The SMILES string of the molecule is O=C(c1cnc(NC2CCCCC2)s1)c1c(F)cccc1F. The summed E-state index contributed by atoms with van der Waals surface area (Å²) in [6, 6.07) is 3.77. The lowest BCUT2D eigenvalue weighted by molar-refractivity contribution is 0.103. The molecule has 1 aromatic carbocycles. The Labute approximate surface area is 131 Å². The number of anilines is 1. The van der Waals surface area contributed by atoms with Gasteiger partial charge in [0.25, 0.3) is 0 Å². The number of rotatable bonds is 4. The highest BCUT2D eigenvalue weighted by molar-refractivity contribution is 7.17. The first-order valence-corrected chi connectivity index (χ1v) is 8.18. The molecule has 22 heavy (non-hydrogen) atoms.